The number of anilines is 1. The highest BCUT2D eigenvalue weighted by molar-refractivity contribution is 6.07. The van der Waals surface area contributed by atoms with E-state index in [0.717, 1.165) is 18.7 Å². The van der Waals surface area contributed by atoms with Crippen molar-refractivity contribution in [3.05, 3.63) is 41.7 Å². The first-order chi connectivity index (χ1) is 11.2. The molecule has 0 bridgehead atoms. The Kier molecular flexibility index (Phi) is 5.87. The van der Waals surface area contributed by atoms with E-state index in [-0.39, 0.29) is 23.2 Å². The maximum absolute atomic E-state index is 12.5. The normalized spacial score (nSPS) is 10.2. The van der Waals surface area contributed by atoms with Crippen molar-refractivity contribution in [2.24, 2.45) is 0 Å². The lowest BCUT2D eigenvalue weighted by Crippen LogP contribution is -2.16. The highest BCUT2D eigenvalue weighted by Gasteiger charge is 2.21. The Morgan fingerprint density at radius 1 is 1.17 bits per heavy atom. The molecule has 0 fully saturated rings. The zero-order valence-electron chi connectivity index (χ0n) is 13.4. The van der Waals surface area contributed by atoms with Gasteiger partial charge in [-0.05, 0) is 24.2 Å². The van der Waals surface area contributed by atoms with E-state index in [1.54, 1.807) is 0 Å². The van der Waals surface area contributed by atoms with Gasteiger partial charge in [-0.1, -0.05) is 19.1 Å². The van der Waals surface area contributed by atoms with E-state index in [2.05, 4.69) is 20.6 Å². The molecule has 2 aromatic rings. The molecule has 0 saturated heterocycles. The third kappa shape index (κ3) is 4.17. The maximum Gasteiger partial charge on any atom is 0.266 e. The van der Waals surface area contributed by atoms with E-state index in [0.29, 0.717) is 5.69 Å². The number of hydrogen-bond donors (Lipinski definition) is 2. The van der Waals surface area contributed by atoms with E-state index in [1.165, 1.54) is 20.5 Å². The fraction of sp³-hybridized carbons (Fsp3) is 0.312. The summed E-state index contributed by atoms with van der Waals surface area (Å²) < 4.78 is 10.2. The number of hydrogen-bond acceptors (Lipinski definition) is 6. The molecule has 0 atom stereocenters. The van der Waals surface area contributed by atoms with E-state index in [9.17, 15) is 4.79 Å². The molecule has 23 heavy (non-hydrogen) atoms. The monoisotopic (exact) mass is 316 g/mol. The summed E-state index contributed by atoms with van der Waals surface area (Å²) in [5, 5.41) is 6.06. The van der Waals surface area contributed by atoms with Gasteiger partial charge in [0.1, 0.15) is 6.33 Å². The molecule has 0 saturated carbocycles. The average molecular weight is 316 g/mol. The molecule has 1 heterocycles. The van der Waals surface area contributed by atoms with Crippen LogP contribution in [0.1, 0.15) is 22.8 Å². The lowest BCUT2D eigenvalue weighted by atomic mass is 10.2. The van der Waals surface area contributed by atoms with Crippen LogP contribution < -0.4 is 20.1 Å². The average Bonchev–Trinajstić information content (AvgIpc) is 2.59. The van der Waals surface area contributed by atoms with Crippen molar-refractivity contribution in [3.63, 3.8) is 0 Å². The van der Waals surface area contributed by atoms with Gasteiger partial charge in [0.05, 0.1) is 14.2 Å². The van der Waals surface area contributed by atoms with Crippen molar-refractivity contribution in [1.29, 1.82) is 0 Å². The molecule has 0 aliphatic rings. The number of carbonyl (C=O) groups excluding carboxylic acids is 1. The zero-order chi connectivity index (χ0) is 16.7. The van der Waals surface area contributed by atoms with Crippen LogP contribution in [-0.4, -0.2) is 36.6 Å². The Labute approximate surface area is 135 Å². The minimum absolute atomic E-state index is 0.162. The van der Waals surface area contributed by atoms with Crippen LogP contribution in [-0.2, 0) is 6.54 Å². The van der Waals surface area contributed by atoms with Crippen LogP contribution in [0.15, 0.2) is 30.6 Å². The van der Waals surface area contributed by atoms with Gasteiger partial charge >= 0.3 is 0 Å². The first-order valence-electron chi connectivity index (χ1n) is 7.23. The van der Waals surface area contributed by atoms with Gasteiger partial charge in [0.25, 0.3) is 5.91 Å². The maximum atomic E-state index is 12.5. The van der Waals surface area contributed by atoms with Crippen LogP contribution in [0.2, 0.25) is 0 Å². The van der Waals surface area contributed by atoms with Gasteiger partial charge in [-0.25, -0.2) is 9.97 Å². The zero-order valence-corrected chi connectivity index (χ0v) is 13.4. The smallest absolute Gasteiger partial charge is 0.266 e. The van der Waals surface area contributed by atoms with Crippen LogP contribution in [0.5, 0.6) is 11.8 Å². The van der Waals surface area contributed by atoms with Crippen LogP contribution in [0.25, 0.3) is 0 Å². The fourth-order valence-electron chi connectivity index (χ4n) is 2.08. The third-order valence-corrected chi connectivity index (χ3v) is 3.16. The van der Waals surface area contributed by atoms with Crippen molar-refractivity contribution in [2.75, 3.05) is 26.1 Å². The number of amides is 1. The molecule has 122 valence electrons. The second-order valence-corrected chi connectivity index (χ2v) is 4.70. The Hall–Kier alpha value is -2.67. The van der Waals surface area contributed by atoms with E-state index < -0.39 is 0 Å². The summed E-state index contributed by atoms with van der Waals surface area (Å²) in [6.07, 6.45) is 1.28. The minimum Gasteiger partial charge on any atom is -0.480 e. The lowest BCUT2D eigenvalue weighted by molar-refractivity contribution is 0.101. The molecule has 7 nitrogen and oxygen atoms in total. The second-order valence-electron chi connectivity index (χ2n) is 4.70. The molecule has 0 aliphatic heterocycles. The van der Waals surface area contributed by atoms with Crippen molar-refractivity contribution in [1.82, 2.24) is 15.3 Å². The van der Waals surface area contributed by atoms with Crippen molar-refractivity contribution in [2.45, 2.75) is 13.5 Å². The Balaban J connectivity index is 2.22. The largest absolute Gasteiger partial charge is 0.480 e. The highest BCUT2D eigenvalue weighted by atomic mass is 16.5. The van der Waals surface area contributed by atoms with E-state index >= 15 is 0 Å². The summed E-state index contributed by atoms with van der Waals surface area (Å²) in [6, 6.07) is 7.60. The van der Waals surface area contributed by atoms with E-state index in [4.69, 9.17) is 9.47 Å². The summed E-state index contributed by atoms with van der Waals surface area (Å²) in [4.78, 5) is 20.4. The highest BCUT2D eigenvalue weighted by Crippen LogP contribution is 2.24. The minimum atomic E-state index is -0.389. The first kappa shape index (κ1) is 16.7. The predicted molar refractivity (Wildman–Crippen MR) is 86.9 cm³/mol. The molecule has 1 aromatic carbocycles. The van der Waals surface area contributed by atoms with Gasteiger partial charge in [0.2, 0.25) is 11.8 Å². The lowest BCUT2D eigenvalue weighted by Gasteiger charge is -2.12. The number of methoxy groups -OCH3 is 2. The van der Waals surface area contributed by atoms with Crippen LogP contribution in [0.4, 0.5) is 5.69 Å². The molecule has 0 aliphatic carbocycles. The third-order valence-electron chi connectivity index (χ3n) is 3.16. The quantitative estimate of drug-likeness (QED) is 0.811. The summed E-state index contributed by atoms with van der Waals surface area (Å²) in [6.45, 7) is 3.66. The molecule has 0 unspecified atom stereocenters. The SMILES string of the molecule is CCNCc1cccc(NC(=O)c2c(OC)ncnc2OC)c1. The fourth-order valence-corrected chi connectivity index (χ4v) is 2.08. The molecule has 2 N–H and O–H groups in total. The summed E-state index contributed by atoms with van der Waals surface area (Å²) in [7, 11) is 2.88. The first-order valence-corrected chi connectivity index (χ1v) is 7.23. The predicted octanol–water partition coefficient (Wildman–Crippen LogP) is 1.86. The number of ether oxygens (including phenoxy) is 2. The van der Waals surface area contributed by atoms with Crippen molar-refractivity contribution >= 4 is 11.6 Å². The Bertz CT molecular complexity index is 654. The Morgan fingerprint density at radius 2 is 1.87 bits per heavy atom. The molecular weight excluding hydrogens is 296 g/mol. The van der Waals surface area contributed by atoms with E-state index in [1.807, 2.05) is 31.2 Å². The molecular formula is C16H20N4O3. The molecule has 2 rings (SSSR count). The number of carbonyl (C=O) groups is 1. The summed E-state index contributed by atoms with van der Waals surface area (Å²) >= 11 is 0. The van der Waals surface area contributed by atoms with Gasteiger partial charge in [0.15, 0.2) is 5.56 Å². The number of benzene rings is 1. The topological polar surface area (TPSA) is 85.4 Å². The molecule has 1 aromatic heterocycles. The Morgan fingerprint density at radius 3 is 2.48 bits per heavy atom. The van der Waals surface area contributed by atoms with Crippen LogP contribution >= 0.6 is 0 Å². The molecule has 0 spiro atoms. The van der Waals surface area contributed by atoms with Gasteiger partial charge in [-0.2, -0.15) is 0 Å². The van der Waals surface area contributed by atoms with Crippen LogP contribution in [0.3, 0.4) is 0 Å². The van der Waals surface area contributed by atoms with Gasteiger partial charge in [-0.3, -0.25) is 4.79 Å². The van der Waals surface area contributed by atoms with Crippen molar-refractivity contribution < 1.29 is 14.3 Å². The standard InChI is InChI=1S/C16H20N4O3/c1-4-17-9-11-6-5-7-12(8-11)20-14(21)13-15(22-2)18-10-19-16(13)23-3/h5-8,10,17H,4,9H2,1-3H3,(H,20,21). The van der Waals surface area contributed by atoms with Gasteiger partial charge < -0.3 is 20.1 Å². The number of aromatic nitrogens is 2. The number of rotatable bonds is 7. The van der Waals surface area contributed by atoms with Gasteiger partial charge in [0, 0.05) is 12.2 Å². The molecule has 7 heteroatoms. The number of nitrogens with zero attached hydrogens (tertiary/aromatic N) is 2. The molecule has 0 radical (unpaired) electrons. The number of nitrogens with one attached hydrogen (secondary N) is 2. The van der Waals surface area contributed by atoms with Crippen LogP contribution in [0, 0.1) is 0 Å². The summed E-state index contributed by atoms with van der Waals surface area (Å²) in [5.74, 6) is -0.0591. The van der Waals surface area contributed by atoms with Crippen molar-refractivity contribution in [3.8, 4) is 11.8 Å². The summed E-state index contributed by atoms with van der Waals surface area (Å²) in [5.41, 5.74) is 1.92. The molecule has 1 amide bonds. The second kappa shape index (κ2) is 8.09. The van der Waals surface area contributed by atoms with Gasteiger partial charge in [-0.15, -0.1) is 0 Å².